The summed E-state index contributed by atoms with van der Waals surface area (Å²) in [5, 5.41) is 0. The summed E-state index contributed by atoms with van der Waals surface area (Å²) in [6, 6.07) is 0. The van der Waals surface area contributed by atoms with Gasteiger partial charge in [-0.15, -0.1) is 0 Å². The summed E-state index contributed by atoms with van der Waals surface area (Å²) in [6.07, 6.45) is 6.51. The van der Waals surface area contributed by atoms with Crippen molar-refractivity contribution in [2.45, 2.75) is 20.3 Å². The Morgan fingerprint density at radius 3 is 2.78 bits per heavy atom. The molecule has 1 nitrogen and oxygen atoms in total. The van der Waals surface area contributed by atoms with Crippen molar-refractivity contribution in [1.29, 1.82) is 0 Å². The zero-order valence-corrected chi connectivity index (χ0v) is 6.09. The molecular formula is C8H13N. The minimum absolute atomic E-state index is 0.924. The molecule has 0 aliphatic heterocycles. The number of hydrogen-bond donors (Lipinski definition) is 0. The van der Waals surface area contributed by atoms with Crippen molar-refractivity contribution in [3.05, 3.63) is 24.4 Å². The van der Waals surface area contributed by atoms with Crippen molar-refractivity contribution < 1.29 is 0 Å². The van der Waals surface area contributed by atoms with Gasteiger partial charge in [-0.25, -0.2) is 0 Å². The first-order valence-corrected chi connectivity index (χ1v) is 3.14. The minimum atomic E-state index is 0.924. The molecule has 0 fully saturated rings. The predicted molar refractivity (Wildman–Crippen MR) is 42.7 cm³/mol. The van der Waals surface area contributed by atoms with E-state index in [1.54, 1.807) is 6.21 Å². The van der Waals surface area contributed by atoms with Crippen molar-refractivity contribution >= 4 is 6.21 Å². The van der Waals surface area contributed by atoms with Crippen LogP contribution < -0.4 is 0 Å². The summed E-state index contributed by atoms with van der Waals surface area (Å²) < 4.78 is 0. The molecule has 50 valence electrons. The number of nitrogens with zero attached hydrogens (tertiary/aromatic N) is 1. The smallest absolute Gasteiger partial charge is 0.0329 e. The van der Waals surface area contributed by atoms with Gasteiger partial charge in [-0.3, -0.25) is 4.99 Å². The monoisotopic (exact) mass is 123 g/mol. The summed E-state index contributed by atoms with van der Waals surface area (Å²) in [6.45, 7) is 7.71. The molecule has 0 N–H and O–H groups in total. The standard InChI is InChI=1S/C8H13N/c1-4-6-7-9-8(3)5-2/h4,6-7H,3,5H2,1-2H3/b6-4-,9-7?. The molecule has 0 bridgehead atoms. The van der Waals surface area contributed by atoms with E-state index in [1.165, 1.54) is 0 Å². The van der Waals surface area contributed by atoms with Crippen LogP contribution in [0.5, 0.6) is 0 Å². The molecule has 0 rings (SSSR count). The molecule has 0 amide bonds. The fraction of sp³-hybridized carbons (Fsp3) is 0.375. The van der Waals surface area contributed by atoms with Crippen molar-refractivity contribution in [1.82, 2.24) is 0 Å². The molecule has 0 aliphatic rings. The summed E-state index contributed by atoms with van der Waals surface area (Å²) >= 11 is 0. The van der Waals surface area contributed by atoms with Crippen LogP contribution >= 0.6 is 0 Å². The van der Waals surface area contributed by atoms with Crippen LogP contribution in [-0.4, -0.2) is 6.21 Å². The van der Waals surface area contributed by atoms with Gasteiger partial charge in [-0.05, 0) is 19.4 Å². The zero-order valence-electron chi connectivity index (χ0n) is 6.09. The molecule has 0 aliphatic carbocycles. The van der Waals surface area contributed by atoms with Crippen LogP contribution in [0.25, 0.3) is 0 Å². The van der Waals surface area contributed by atoms with Crippen molar-refractivity contribution in [2.75, 3.05) is 0 Å². The lowest BCUT2D eigenvalue weighted by molar-refractivity contribution is 1.08. The predicted octanol–water partition coefficient (Wildman–Crippen LogP) is 2.56. The lowest BCUT2D eigenvalue weighted by Gasteiger charge is -1.86. The second-order valence-corrected chi connectivity index (χ2v) is 1.72. The lowest BCUT2D eigenvalue weighted by Crippen LogP contribution is -1.70. The summed E-state index contributed by atoms with van der Waals surface area (Å²) in [7, 11) is 0. The molecule has 0 saturated carbocycles. The normalized spacial score (nSPS) is 11.3. The summed E-state index contributed by atoms with van der Waals surface area (Å²) in [5.74, 6) is 0. The van der Waals surface area contributed by atoms with Crippen LogP contribution in [0.2, 0.25) is 0 Å². The highest BCUT2D eigenvalue weighted by Crippen LogP contribution is 1.95. The van der Waals surface area contributed by atoms with Gasteiger partial charge < -0.3 is 0 Å². The topological polar surface area (TPSA) is 12.4 Å². The van der Waals surface area contributed by atoms with Gasteiger partial charge in [0, 0.05) is 11.9 Å². The van der Waals surface area contributed by atoms with E-state index in [0.29, 0.717) is 0 Å². The number of allylic oxidation sites excluding steroid dienone is 3. The molecule has 0 aromatic heterocycles. The van der Waals surface area contributed by atoms with Crippen LogP contribution in [-0.2, 0) is 0 Å². The van der Waals surface area contributed by atoms with Gasteiger partial charge in [-0.1, -0.05) is 19.6 Å². The van der Waals surface area contributed by atoms with E-state index in [-0.39, 0.29) is 0 Å². The van der Waals surface area contributed by atoms with E-state index in [0.717, 1.165) is 12.1 Å². The van der Waals surface area contributed by atoms with Crippen LogP contribution in [0.4, 0.5) is 0 Å². The third kappa shape index (κ3) is 5.01. The first-order valence-electron chi connectivity index (χ1n) is 3.14. The second-order valence-electron chi connectivity index (χ2n) is 1.72. The van der Waals surface area contributed by atoms with Crippen LogP contribution in [0.15, 0.2) is 29.4 Å². The van der Waals surface area contributed by atoms with E-state index >= 15 is 0 Å². The molecule has 1 heteroatoms. The van der Waals surface area contributed by atoms with E-state index in [9.17, 15) is 0 Å². The lowest BCUT2D eigenvalue weighted by atomic mass is 10.4. The van der Waals surface area contributed by atoms with Gasteiger partial charge in [-0.2, -0.15) is 0 Å². The first-order chi connectivity index (χ1) is 4.31. The largest absolute Gasteiger partial charge is 0.262 e. The van der Waals surface area contributed by atoms with E-state index < -0.39 is 0 Å². The highest BCUT2D eigenvalue weighted by Gasteiger charge is 1.77. The van der Waals surface area contributed by atoms with Crippen molar-refractivity contribution in [2.24, 2.45) is 4.99 Å². The quantitative estimate of drug-likeness (QED) is 0.511. The molecule has 0 heterocycles. The van der Waals surface area contributed by atoms with Gasteiger partial charge in [0.15, 0.2) is 0 Å². The fourth-order valence-electron chi connectivity index (χ4n) is 0.326. The molecule has 0 unspecified atom stereocenters. The average Bonchev–Trinajstić information content (AvgIpc) is 1.89. The first kappa shape index (κ1) is 8.15. The molecule has 0 atom stereocenters. The average molecular weight is 123 g/mol. The molecule has 0 spiro atoms. The Labute approximate surface area is 56.8 Å². The molecule has 9 heavy (non-hydrogen) atoms. The molecule has 0 aromatic carbocycles. The maximum absolute atomic E-state index is 4.03. The van der Waals surface area contributed by atoms with Crippen LogP contribution in [0, 0.1) is 0 Å². The summed E-state index contributed by atoms with van der Waals surface area (Å²) in [5.41, 5.74) is 0.924. The van der Waals surface area contributed by atoms with Gasteiger partial charge in [0.05, 0.1) is 0 Å². The third-order valence-corrected chi connectivity index (χ3v) is 0.944. The van der Waals surface area contributed by atoms with Crippen LogP contribution in [0.1, 0.15) is 20.3 Å². The van der Waals surface area contributed by atoms with Gasteiger partial charge in [0.1, 0.15) is 0 Å². The SMILES string of the molecule is C=C(CC)N=C/C=C\C. The molecule has 0 radical (unpaired) electrons. The van der Waals surface area contributed by atoms with E-state index in [1.807, 2.05) is 26.0 Å². The van der Waals surface area contributed by atoms with Gasteiger partial charge in [0.25, 0.3) is 0 Å². The van der Waals surface area contributed by atoms with Gasteiger partial charge >= 0.3 is 0 Å². The Bertz CT molecular complexity index is 132. The molecular weight excluding hydrogens is 110 g/mol. The number of rotatable bonds is 3. The third-order valence-electron chi connectivity index (χ3n) is 0.944. The maximum atomic E-state index is 4.03. The summed E-state index contributed by atoms with van der Waals surface area (Å²) in [4.78, 5) is 4.03. The van der Waals surface area contributed by atoms with E-state index in [2.05, 4.69) is 11.6 Å². The second kappa shape index (κ2) is 5.29. The number of hydrogen-bond acceptors (Lipinski definition) is 1. The zero-order chi connectivity index (χ0) is 7.11. The molecule has 0 saturated heterocycles. The minimum Gasteiger partial charge on any atom is -0.262 e. The fourth-order valence-corrected chi connectivity index (χ4v) is 0.326. The maximum Gasteiger partial charge on any atom is 0.0329 e. The Morgan fingerprint density at radius 1 is 1.67 bits per heavy atom. The number of aliphatic imine (C=N–C) groups is 1. The van der Waals surface area contributed by atoms with E-state index in [4.69, 9.17) is 0 Å². The highest BCUT2D eigenvalue weighted by atomic mass is 14.7. The van der Waals surface area contributed by atoms with Gasteiger partial charge in [0.2, 0.25) is 0 Å². The Kier molecular flexibility index (Phi) is 4.79. The Hall–Kier alpha value is -0.850. The Balaban J connectivity index is 3.57. The van der Waals surface area contributed by atoms with Crippen LogP contribution in [0.3, 0.4) is 0 Å². The Morgan fingerprint density at radius 2 is 2.33 bits per heavy atom. The van der Waals surface area contributed by atoms with Crippen molar-refractivity contribution in [3.8, 4) is 0 Å². The van der Waals surface area contributed by atoms with Crippen molar-refractivity contribution in [3.63, 3.8) is 0 Å². The molecule has 0 aromatic rings. The highest BCUT2D eigenvalue weighted by molar-refractivity contribution is 5.71.